The third-order valence-corrected chi connectivity index (χ3v) is 4.86. The van der Waals surface area contributed by atoms with Crippen LogP contribution in [0.2, 0.25) is 0 Å². The summed E-state index contributed by atoms with van der Waals surface area (Å²) in [6, 6.07) is 2.33. The van der Waals surface area contributed by atoms with Gasteiger partial charge in [0.2, 0.25) is 0 Å². The van der Waals surface area contributed by atoms with Gasteiger partial charge in [0, 0.05) is 32.0 Å². The molecule has 0 bridgehead atoms. The van der Waals surface area contributed by atoms with E-state index in [0.717, 1.165) is 38.4 Å². The summed E-state index contributed by atoms with van der Waals surface area (Å²) in [5.74, 6) is 1.26. The lowest BCUT2D eigenvalue weighted by Gasteiger charge is -2.22. The molecule has 3 aliphatic rings. The molecule has 0 aromatic heterocycles. The molecule has 0 aromatic carbocycles. The number of likely N-dealkylation sites (tertiary alicyclic amines) is 1. The summed E-state index contributed by atoms with van der Waals surface area (Å²) in [5, 5.41) is 18.7. The number of hydrogen-bond donors (Lipinski definition) is 1. The van der Waals surface area contributed by atoms with Gasteiger partial charge in [0.1, 0.15) is 0 Å². The molecule has 1 aliphatic heterocycles. The molecule has 0 aromatic rings. The van der Waals surface area contributed by atoms with Crippen molar-refractivity contribution in [1.82, 2.24) is 4.90 Å². The van der Waals surface area contributed by atoms with Crippen LogP contribution in [-0.2, 0) is 0 Å². The molecular weight excluding hydrogens is 200 g/mol. The number of aliphatic hydroxyl groups is 1. The molecule has 3 nitrogen and oxygen atoms in total. The van der Waals surface area contributed by atoms with Gasteiger partial charge in [0.05, 0.1) is 12.2 Å². The molecule has 3 rings (SSSR count). The Kier molecular flexibility index (Phi) is 2.45. The van der Waals surface area contributed by atoms with Gasteiger partial charge in [0.25, 0.3) is 0 Å². The Bertz CT molecular complexity index is 318. The highest BCUT2D eigenvalue weighted by molar-refractivity contribution is 5.03. The van der Waals surface area contributed by atoms with E-state index in [2.05, 4.69) is 11.0 Å². The first kappa shape index (κ1) is 10.6. The van der Waals surface area contributed by atoms with Crippen LogP contribution >= 0.6 is 0 Å². The number of rotatable bonds is 3. The molecule has 1 heterocycles. The number of nitriles is 1. The first-order chi connectivity index (χ1) is 7.72. The minimum atomic E-state index is -0.0545. The third-order valence-electron chi connectivity index (χ3n) is 4.86. The van der Waals surface area contributed by atoms with Crippen molar-refractivity contribution in [2.45, 2.75) is 38.2 Å². The molecule has 1 saturated heterocycles. The smallest absolute Gasteiger partial charge is 0.0628 e. The van der Waals surface area contributed by atoms with Gasteiger partial charge >= 0.3 is 0 Å². The van der Waals surface area contributed by atoms with Gasteiger partial charge in [-0.15, -0.1) is 0 Å². The lowest BCUT2D eigenvalue weighted by atomic mass is 10.00. The van der Waals surface area contributed by atoms with Gasteiger partial charge in [-0.3, -0.25) is 0 Å². The number of aliphatic hydroxyl groups excluding tert-OH is 1. The van der Waals surface area contributed by atoms with E-state index >= 15 is 0 Å². The molecule has 3 heteroatoms. The van der Waals surface area contributed by atoms with Crippen molar-refractivity contribution < 1.29 is 5.11 Å². The van der Waals surface area contributed by atoms with E-state index in [1.807, 2.05) is 0 Å². The van der Waals surface area contributed by atoms with Crippen LogP contribution in [0, 0.1) is 28.6 Å². The van der Waals surface area contributed by atoms with Crippen LogP contribution < -0.4 is 0 Å². The molecule has 0 radical (unpaired) electrons. The summed E-state index contributed by atoms with van der Waals surface area (Å²) >= 11 is 0. The van der Waals surface area contributed by atoms with E-state index in [9.17, 15) is 5.11 Å². The predicted octanol–water partition coefficient (Wildman–Crippen LogP) is 1.38. The van der Waals surface area contributed by atoms with Crippen LogP contribution in [0.3, 0.4) is 0 Å². The summed E-state index contributed by atoms with van der Waals surface area (Å²) in [6.45, 7) is 3.33. The Morgan fingerprint density at radius 1 is 1.31 bits per heavy atom. The van der Waals surface area contributed by atoms with Crippen LogP contribution in [-0.4, -0.2) is 35.7 Å². The molecule has 2 aliphatic carbocycles. The monoisotopic (exact) mass is 220 g/mol. The molecule has 1 N–H and O–H groups in total. The molecule has 3 unspecified atom stereocenters. The topological polar surface area (TPSA) is 47.3 Å². The zero-order valence-electron chi connectivity index (χ0n) is 9.73. The van der Waals surface area contributed by atoms with Crippen molar-refractivity contribution in [3.8, 4) is 6.07 Å². The highest BCUT2D eigenvalue weighted by Crippen LogP contribution is 2.50. The van der Waals surface area contributed by atoms with E-state index in [1.54, 1.807) is 0 Å². The molecule has 3 atom stereocenters. The zero-order chi connectivity index (χ0) is 11.2. The first-order valence-electron chi connectivity index (χ1n) is 6.50. The van der Waals surface area contributed by atoms with Gasteiger partial charge in [-0.05, 0) is 37.0 Å². The Morgan fingerprint density at radius 3 is 2.75 bits per heavy atom. The van der Waals surface area contributed by atoms with E-state index in [4.69, 9.17) is 5.26 Å². The Balaban J connectivity index is 1.57. The third kappa shape index (κ3) is 1.74. The molecule has 16 heavy (non-hydrogen) atoms. The van der Waals surface area contributed by atoms with Gasteiger partial charge in [-0.1, -0.05) is 0 Å². The van der Waals surface area contributed by atoms with Gasteiger partial charge in [-0.25, -0.2) is 0 Å². The lowest BCUT2D eigenvalue weighted by molar-refractivity contribution is 0.121. The van der Waals surface area contributed by atoms with E-state index in [-0.39, 0.29) is 6.10 Å². The first-order valence-corrected chi connectivity index (χ1v) is 6.50. The van der Waals surface area contributed by atoms with Crippen molar-refractivity contribution in [3.63, 3.8) is 0 Å². The van der Waals surface area contributed by atoms with Crippen LogP contribution in [0.4, 0.5) is 0 Å². The Hall–Kier alpha value is -0.590. The molecule has 0 amide bonds. The summed E-state index contributed by atoms with van der Waals surface area (Å²) in [6.07, 6.45) is 5.34. The number of hydrogen-bond acceptors (Lipinski definition) is 3. The van der Waals surface area contributed by atoms with Crippen LogP contribution in [0.1, 0.15) is 32.1 Å². The standard InChI is InChI=1S/C13H20N2O/c14-6-5-13(3-4-13)9-15-7-10-1-2-12(16)11(10)8-15/h10-12,16H,1-5,7-9H2. The van der Waals surface area contributed by atoms with Crippen LogP contribution in [0.15, 0.2) is 0 Å². The maximum Gasteiger partial charge on any atom is 0.0628 e. The fourth-order valence-corrected chi connectivity index (χ4v) is 3.67. The van der Waals surface area contributed by atoms with Crippen molar-refractivity contribution in [2.24, 2.45) is 17.3 Å². The molecule has 88 valence electrons. The molecule has 2 saturated carbocycles. The molecule has 3 fully saturated rings. The fraction of sp³-hybridized carbons (Fsp3) is 0.923. The van der Waals surface area contributed by atoms with E-state index in [1.165, 1.54) is 19.3 Å². The normalized spacial score (nSPS) is 40.6. The van der Waals surface area contributed by atoms with Gasteiger partial charge in [-0.2, -0.15) is 5.26 Å². The van der Waals surface area contributed by atoms with Crippen molar-refractivity contribution in [1.29, 1.82) is 5.26 Å². The lowest BCUT2D eigenvalue weighted by Crippen LogP contribution is -2.30. The average Bonchev–Trinajstić information content (AvgIpc) is 2.74. The van der Waals surface area contributed by atoms with Crippen LogP contribution in [0.5, 0.6) is 0 Å². The predicted molar refractivity (Wildman–Crippen MR) is 60.6 cm³/mol. The maximum absolute atomic E-state index is 9.86. The van der Waals surface area contributed by atoms with Crippen molar-refractivity contribution >= 4 is 0 Å². The van der Waals surface area contributed by atoms with Crippen molar-refractivity contribution in [3.05, 3.63) is 0 Å². The minimum absolute atomic E-state index is 0.0545. The van der Waals surface area contributed by atoms with Gasteiger partial charge < -0.3 is 10.0 Å². The second kappa shape index (κ2) is 3.72. The fourth-order valence-electron chi connectivity index (χ4n) is 3.67. The molecule has 0 spiro atoms. The molecular formula is C13H20N2O. The second-order valence-electron chi connectivity index (χ2n) is 6.10. The second-order valence-corrected chi connectivity index (χ2v) is 6.10. The van der Waals surface area contributed by atoms with Gasteiger partial charge in [0.15, 0.2) is 0 Å². The number of fused-ring (bicyclic) bond motifs is 1. The Morgan fingerprint density at radius 2 is 2.12 bits per heavy atom. The Labute approximate surface area is 97.0 Å². The van der Waals surface area contributed by atoms with Crippen LogP contribution in [0.25, 0.3) is 0 Å². The minimum Gasteiger partial charge on any atom is -0.393 e. The average molecular weight is 220 g/mol. The highest BCUT2D eigenvalue weighted by Gasteiger charge is 2.48. The highest BCUT2D eigenvalue weighted by atomic mass is 16.3. The summed E-state index contributed by atoms with van der Waals surface area (Å²) in [4.78, 5) is 2.50. The quantitative estimate of drug-likeness (QED) is 0.781. The summed E-state index contributed by atoms with van der Waals surface area (Å²) in [5.41, 5.74) is 0.332. The summed E-state index contributed by atoms with van der Waals surface area (Å²) in [7, 11) is 0. The number of nitrogens with zero attached hydrogens (tertiary/aromatic N) is 2. The SMILES string of the molecule is N#CCC1(CN2CC3CCC(O)C3C2)CC1. The zero-order valence-corrected chi connectivity index (χ0v) is 9.73. The largest absolute Gasteiger partial charge is 0.393 e. The van der Waals surface area contributed by atoms with E-state index in [0.29, 0.717) is 11.3 Å². The van der Waals surface area contributed by atoms with Crippen molar-refractivity contribution in [2.75, 3.05) is 19.6 Å². The van der Waals surface area contributed by atoms with E-state index < -0.39 is 0 Å². The maximum atomic E-state index is 9.86. The summed E-state index contributed by atoms with van der Waals surface area (Å²) < 4.78 is 0.